The molecular weight excluding hydrogens is 315 g/mol. The lowest BCUT2D eigenvalue weighted by atomic mass is 10.0. The molecule has 2 aromatic rings. The van der Waals surface area contributed by atoms with Gasteiger partial charge in [0.05, 0.1) is 5.69 Å². The number of carbonyl (C=O) groups is 2. The van der Waals surface area contributed by atoms with E-state index in [0.717, 1.165) is 11.8 Å². The number of hydrogen-bond donors (Lipinski definition) is 3. The van der Waals surface area contributed by atoms with Gasteiger partial charge in [-0.1, -0.05) is 6.92 Å². The fraction of sp³-hybridized carbons (Fsp3) is 0.250. The lowest BCUT2D eigenvalue weighted by molar-refractivity contribution is -0.138. The quantitative estimate of drug-likeness (QED) is 0.726. The Bertz CT molecular complexity index is 767. The molecule has 24 heavy (non-hydrogen) atoms. The van der Waals surface area contributed by atoms with Crippen molar-refractivity contribution >= 4 is 11.9 Å². The molecule has 126 valence electrons. The topological polar surface area (TPSA) is 118 Å². The van der Waals surface area contributed by atoms with Gasteiger partial charge in [-0.2, -0.15) is 0 Å². The number of nitrogens with zero attached hydrogens (tertiary/aromatic N) is 2. The highest BCUT2D eigenvalue weighted by Gasteiger charge is 2.16. The lowest BCUT2D eigenvalue weighted by Crippen LogP contribution is -2.42. The first-order valence-electron chi connectivity index (χ1n) is 7.28. The van der Waals surface area contributed by atoms with E-state index in [1.165, 1.54) is 18.5 Å². The molecule has 0 fully saturated rings. The van der Waals surface area contributed by atoms with Crippen LogP contribution in [0, 0.1) is 5.82 Å². The van der Waals surface area contributed by atoms with Gasteiger partial charge in [-0.15, -0.1) is 0 Å². The second-order valence-corrected chi connectivity index (χ2v) is 5.12. The number of aliphatic carboxylic acids is 1. The van der Waals surface area contributed by atoms with E-state index in [9.17, 15) is 14.0 Å². The van der Waals surface area contributed by atoms with Crippen molar-refractivity contribution in [3.63, 3.8) is 0 Å². The van der Waals surface area contributed by atoms with Gasteiger partial charge in [-0.25, -0.2) is 14.4 Å². The van der Waals surface area contributed by atoms with E-state index in [1.807, 2.05) is 6.92 Å². The van der Waals surface area contributed by atoms with Crippen LogP contribution in [0.1, 0.15) is 23.0 Å². The first-order chi connectivity index (χ1) is 11.4. The summed E-state index contributed by atoms with van der Waals surface area (Å²) in [6, 6.07) is 2.64. The number of aryl methyl sites for hydroxylation is 1. The monoisotopic (exact) mass is 332 g/mol. The van der Waals surface area contributed by atoms with Gasteiger partial charge >= 0.3 is 5.97 Å². The van der Waals surface area contributed by atoms with Gasteiger partial charge in [0.25, 0.3) is 5.91 Å². The predicted molar refractivity (Wildman–Crippen MR) is 84.7 cm³/mol. The summed E-state index contributed by atoms with van der Waals surface area (Å²) in [4.78, 5) is 30.8. The standard InChI is InChI=1S/C16H17FN4O3/c1-2-14-12(6-19-8-21-14)9-3-10(5-11(17)4-9)15(22)20-7-13(18)16(23)24/h3-6,8,13H,2,7,18H2,1H3,(H,20,22)(H,23,24)/t13-/m1/s1. The van der Waals surface area contributed by atoms with E-state index in [1.54, 1.807) is 6.20 Å². The number of halogens is 1. The summed E-state index contributed by atoms with van der Waals surface area (Å²) in [5.41, 5.74) is 7.23. The summed E-state index contributed by atoms with van der Waals surface area (Å²) in [6.07, 6.45) is 3.59. The molecule has 1 atom stereocenters. The van der Waals surface area contributed by atoms with E-state index in [2.05, 4.69) is 15.3 Å². The lowest BCUT2D eigenvalue weighted by Gasteiger charge is -2.11. The minimum absolute atomic E-state index is 0.0634. The van der Waals surface area contributed by atoms with Crippen molar-refractivity contribution in [3.8, 4) is 11.1 Å². The highest BCUT2D eigenvalue weighted by atomic mass is 19.1. The maximum Gasteiger partial charge on any atom is 0.322 e. The molecule has 0 spiro atoms. The third-order valence-corrected chi connectivity index (χ3v) is 3.40. The Morgan fingerprint density at radius 3 is 2.79 bits per heavy atom. The Kier molecular flexibility index (Phi) is 5.54. The molecule has 0 unspecified atom stereocenters. The van der Waals surface area contributed by atoms with Crippen molar-refractivity contribution in [1.82, 2.24) is 15.3 Å². The second-order valence-electron chi connectivity index (χ2n) is 5.12. The third kappa shape index (κ3) is 4.11. The van der Waals surface area contributed by atoms with Gasteiger partial charge in [0.1, 0.15) is 18.2 Å². The number of amides is 1. The molecule has 8 heteroatoms. The molecule has 1 aromatic carbocycles. The molecule has 0 saturated carbocycles. The van der Waals surface area contributed by atoms with Crippen molar-refractivity contribution in [2.24, 2.45) is 5.73 Å². The van der Waals surface area contributed by atoms with Crippen molar-refractivity contribution in [2.45, 2.75) is 19.4 Å². The molecule has 1 heterocycles. The summed E-state index contributed by atoms with van der Waals surface area (Å²) in [7, 11) is 0. The van der Waals surface area contributed by atoms with Crippen LogP contribution in [0.25, 0.3) is 11.1 Å². The number of carboxylic acids is 1. The van der Waals surface area contributed by atoms with Crippen molar-refractivity contribution < 1.29 is 19.1 Å². The molecule has 0 aliphatic carbocycles. The average molecular weight is 332 g/mol. The Labute approximate surface area is 137 Å². The zero-order valence-electron chi connectivity index (χ0n) is 13.0. The van der Waals surface area contributed by atoms with Gasteiger partial charge in [0.15, 0.2) is 0 Å². The first kappa shape index (κ1) is 17.5. The van der Waals surface area contributed by atoms with E-state index in [0.29, 0.717) is 17.5 Å². The third-order valence-electron chi connectivity index (χ3n) is 3.40. The van der Waals surface area contributed by atoms with Gasteiger partial charge in [-0.3, -0.25) is 9.59 Å². The van der Waals surface area contributed by atoms with Crippen LogP contribution in [-0.4, -0.2) is 39.5 Å². The maximum atomic E-state index is 13.9. The molecule has 0 bridgehead atoms. The smallest absolute Gasteiger partial charge is 0.322 e. The number of benzene rings is 1. The molecule has 1 amide bonds. The number of nitrogens with one attached hydrogen (secondary N) is 1. The zero-order chi connectivity index (χ0) is 17.7. The molecule has 0 aliphatic heterocycles. The number of hydrogen-bond acceptors (Lipinski definition) is 5. The molecule has 0 aliphatic rings. The number of carboxylic acid groups (broad SMARTS) is 1. The number of rotatable bonds is 6. The van der Waals surface area contributed by atoms with Gasteiger partial charge < -0.3 is 16.2 Å². The van der Waals surface area contributed by atoms with Crippen LogP contribution in [0.15, 0.2) is 30.7 Å². The highest BCUT2D eigenvalue weighted by Crippen LogP contribution is 2.24. The Morgan fingerprint density at radius 1 is 1.38 bits per heavy atom. The fourth-order valence-electron chi connectivity index (χ4n) is 2.15. The summed E-state index contributed by atoms with van der Waals surface area (Å²) < 4.78 is 13.9. The van der Waals surface area contributed by atoms with Crippen LogP contribution in [0.4, 0.5) is 4.39 Å². The van der Waals surface area contributed by atoms with E-state index in [4.69, 9.17) is 10.8 Å². The summed E-state index contributed by atoms with van der Waals surface area (Å²) in [6.45, 7) is 1.65. The minimum Gasteiger partial charge on any atom is -0.480 e. The van der Waals surface area contributed by atoms with Crippen LogP contribution in [0.2, 0.25) is 0 Å². The highest BCUT2D eigenvalue weighted by molar-refractivity contribution is 5.95. The van der Waals surface area contributed by atoms with Gasteiger partial charge in [0, 0.05) is 23.9 Å². The molecule has 4 N–H and O–H groups in total. The number of aromatic nitrogens is 2. The second kappa shape index (κ2) is 7.60. The summed E-state index contributed by atoms with van der Waals surface area (Å²) in [5.74, 6) is -2.43. The van der Waals surface area contributed by atoms with Gasteiger partial charge in [0.2, 0.25) is 0 Å². The van der Waals surface area contributed by atoms with Crippen LogP contribution in [-0.2, 0) is 11.2 Å². The predicted octanol–water partition coefficient (Wildman–Crippen LogP) is 0.987. The maximum absolute atomic E-state index is 13.9. The molecule has 1 aromatic heterocycles. The van der Waals surface area contributed by atoms with E-state index < -0.39 is 23.7 Å². The van der Waals surface area contributed by atoms with Crippen LogP contribution < -0.4 is 11.1 Å². The van der Waals surface area contributed by atoms with E-state index >= 15 is 0 Å². The van der Waals surface area contributed by atoms with Crippen LogP contribution in [0.3, 0.4) is 0 Å². The molecule has 7 nitrogen and oxygen atoms in total. The van der Waals surface area contributed by atoms with Crippen molar-refractivity contribution in [2.75, 3.05) is 6.54 Å². The molecule has 0 saturated heterocycles. The van der Waals surface area contributed by atoms with Gasteiger partial charge in [-0.05, 0) is 30.2 Å². The molecule has 2 rings (SSSR count). The average Bonchev–Trinajstić information content (AvgIpc) is 2.58. The Hall–Kier alpha value is -2.87. The number of nitrogens with two attached hydrogens (primary N) is 1. The first-order valence-corrected chi connectivity index (χ1v) is 7.28. The normalized spacial score (nSPS) is 11.8. The summed E-state index contributed by atoms with van der Waals surface area (Å²) >= 11 is 0. The van der Waals surface area contributed by atoms with Crippen LogP contribution in [0.5, 0.6) is 0 Å². The number of carbonyl (C=O) groups excluding carboxylic acids is 1. The Morgan fingerprint density at radius 2 is 2.12 bits per heavy atom. The fourth-order valence-corrected chi connectivity index (χ4v) is 2.15. The van der Waals surface area contributed by atoms with Crippen molar-refractivity contribution in [3.05, 3.63) is 47.8 Å². The minimum atomic E-state index is -1.23. The Balaban J connectivity index is 2.28. The SMILES string of the molecule is CCc1ncncc1-c1cc(F)cc(C(=O)NC[C@@H](N)C(=O)O)c1. The molecule has 0 radical (unpaired) electrons. The van der Waals surface area contributed by atoms with Crippen molar-refractivity contribution in [1.29, 1.82) is 0 Å². The van der Waals surface area contributed by atoms with E-state index in [-0.39, 0.29) is 12.1 Å². The summed E-state index contributed by atoms with van der Waals surface area (Å²) in [5, 5.41) is 11.1. The largest absolute Gasteiger partial charge is 0.480 e. The molecular formula is C16H17FN4O3. The zero-order valence-corrected chi connectivity index (χ0v) is 13.0. The van der Waals surface area contributed by atoms with Crippen LogP contribution >= 0.6 is 0 Å².